The minimum absolute atomic E-state index is 0.0110. The molecule has 2 aromatic heterocycles. The lowest BCUT2D eigenvalue weighted by Gasteiger charge is -2.35. The average molecular weight is 451 g/mol. The average Bonchev–Trinajstić information content (AvgIpc) is 3.58. The monoisotopic (exact) mass is 450 g/mol. The zero-order valence-corrected chi connectivity index (χ0v) is 19.7. The summed E-state index contributed by atoms with van der Waals surface area (Å²) in [6.45, 7) is 6.36. The van der Waals surface area contributed by atoms with E-state index in [4.69, 9.17) is 4.74 Å². The van der Waals surface area contributed by atoms with E-state index in [0.717, 1.165) is 61.0 Å². The lowest BCUT2D eigenvalue weighted by atomic mass is 10.0. The van der Waals surface area contributed by atoms with Gasteiger partial charge in [0, 0.05) is 30.3 Å². The Morgan fingerprint density at radius 1 is 1.21 bits per heavy atom. The largest absolute Gasteiger partial charge is 0.376 e. The van der Waals surface area contributed by atoms with E-state index in [9.17, 15) is 4.79 Å². The lowest BCUT2D eigenvalue weighted by Crippen LogP contribution is -2.39. The summed E-state index contributed by atoms with van der Waals surface area (Å²) < 4.78 is 7.77. The number of tetrazole rings is 1. The van der Waals surface area contributed by atoms with Gasteiger partial charge in [0.15, 0.2) is 5.82 Å². The fourth-order valence-corrected chi connectivity index (χ4v) is 5.54. The van der Waals surface area contributed by atoms with Crippen LogP contribution in [0.15, 0.2) is 29.1 Å². The summed E-state index contributed by atoms with van der Waals surface area (Å²) >= 11 is 0. The van der Waals surface area contributed by atoms with Gasteiger partial charge >= 0.3 is 0 Å². The molecular weight excluding hydrogens is 416 g/mol. The molecule has 3 heterocycles. The Bertz CT molecular complexity index is 1140. The third-order valence-corrected chi connectivity index (χ3v) is 7.27. The molecular formula is C25H34N6O2. The van der Waals surface area contributed by atoms with Crippen molar-refractivity contribution in [3.63, 3.8) is 0 Å². The number of ether oxygens (including phenoxy) is 1. The van der Waals surface area contributed by atoms with Gasteiger partial charge in [-0.2, -0.15) is 0 Å². The van der Waals surface area contributed by atoms with E-state index in [0.29, 0.717) is 19.1 Å². The minimum atomic E-state index is -0.0110. The molecule has 1 N–H and O–H groups in total. The summed E-state index contributed by atoms with van der Waals surface area (Å²) in [5, 5.41) is 13.9. The Balaban J connectivity index is 1.48. The number of hydrogen-bond donors (Lipinski definition) is 1. The van der Waals surface area contributed by atoms with Crippen LogP contribution in [0.3, 0.4) is 0 Å². The van der Waals surface area contributed by atoms with Crippen LogP contribution in [0.25, 0.3) is 10.9 Å². The summed E-state index contributed by atoms with van der Waals surface area (Å²) in [6, 6.07) is 8.69. The first-order valence-corrected chi connectivity index (χ1v) is 12.4. The molecule has 2 atom stereocenters. The maximum atomic E-state index is 13.0. The van der Waals surface area contributed by atoms with Crippen LogP contribution in [-0.4, -0.2) is 48.8 Å². The van der Waals surface area contributed by atoms with E-state index in [2.05, 4.69) is 51.4 Å². The quantitative estimate of drug-likeness (QED) is 0.560. The Morgan fingerprint density at radius 3 is 2.82 bits per heavy atom. The molecule has 1 saturated heterocycles. The molecule has 0 spiro atoms. The van der Waals surface area contributed by atoms with Crippen LogP contribution in [0, 0.1) is 6.92 Å². The van der Waals surface area contributed by atoms with Gasteiger partial charge in [0.1, 0.15) is 0 Å². The van der Waals surface area contributed by atoms with Crippen molar-refractivity contribution in [1.29, 1.82) is 0 Å². The zero-order chi connectivity index (χ0) is 22.8. The van der Waals surface area contributed by atoms with Crippen LogP contribution in [-0.2, 0) is 17.8 Å². The van der Waals surface area contributed by atoms with Gasteiger partial charge in [0.25, 0.3) is 5.56 Å². The highest BCUT2D eigenvalue weighted by Gasteiger charge is 2.33. The number of benzene rings is 1. The maximum Gasteiger partial charge on any atom is 0.252 e. The summed E-state index contributed by atoms with van der Waals surface area (Å²) in [5.74, 6) is 0.882. The van der Waals surface area contributed by atoms with Gasteiger partial charge in [-0.1, -0.05) is 31.4 Å². The SMILES string of the molecule is CCC(c1nnnn1CC1CCCO1)N(Cc1cc2cc(C)ccc2[nH]c1=O)C1CCCC1. The first kappa shape index (κ1) is 22.2. The number of aryl methyl sites for hydroxylation is 1. The summed E-state index contributed by atoms with van der Waals surface area (Å²) in [6.07, 6.45) is 7.95. The predicted molar refractivity (Wildman–Crippen MR) is 127 cm³/mol. The molecule has 0 bridgehead atoms. The molecule has 1 saturated carbocycles. The van der Waals surface area contributed by atoms with Crippen molar-refractivity contribution in [2.24, 2.45) is 0 Å². The molecule has 0 radical (unpaired) electrons. The van der Waals surface area contributed by atoms with Crippen LogP contribution < -0.4 is 5.56 Å². The van der Waals surface area contributed by atoms with Gasteiger partial charge in [0.2, 0.25) is 0 Å². The van der Waals surface area contributed by atoms with Crippen molar-refractivity contribution in [3.8, 4) is 0 Å². The minimum Gasteiger partial charge on any atom is -0.376 e. The third-order valence-electron chi connectivity index (χ3n) is 7.27. The standard InChI is InChI=1S/C25H34N6O2/c1-3-23(24-27-28-29-31(24)16-21-9-6-12-33-21)30(20-7-4-5-8-20)15-19-14-18-13-17(2)10-11-22(18)26-25(19)32/h10-11,13-14,20-21,23H,3-9,12,15-16H2,1-2H3,(H,26,32). The second-order valence-electron chi connectivity index (χ2n) is 9.60. The fraction of sp³-hybridized carbons (Fsp3) is 0.600. The van der Waals surface area contributed by atoms with Crippen LogP contribution in [0.1, 0.15) is 74.9 Å². The number of nitrogens with one attached hydrogen (secondary N) is 1. The molecule has 2 aliphatic rings. The van der Waals surface area contributed by atoms with Gasteiger partial charge in [0.05, 0.1) is 18.7 Å². The number of rotatable bonds is 8. The fourth-order valence-electron chi connectivity index (χ4n) is 5.54. The van der Waals surface area contributed by atoms with Crippen LogP contribution in [0.4, 0.5) is 0 Å². The normalized spacial score (nSPS) is 20.3. The van der Waals surface area contributed by atoms with E-state index < -0.39 is 0 Å². The number of aromatic amines is 1. The van der Waals surface area contributed by atoms with Crippen molar-refractivity contribution in [2.75, 3.05) is 6.61 Å². The molecule has 2 fully saturated rings. The lowest BCUT2D eigenvalue weighted by molar-refractivity contribution is 0.0839. The van der Waals surface area contributed by atoms with Gasteiger partial charge < -0.3 is 9.72 Å². The zero-order valence-electron chi connectivity index (χ0n) is 19.7. The number of hydrogen-bond acceptors (Lipinski definition) is 6. The van der Waals surface area contributed by atoms with Gasteiger partial charge in [-0.25, -0.2) is 4.68 Å². The van der Waals surface area contributed by atoms with Crippen LogP contribution >= 0.6 is 0 Å². The van der Waals surface area contributed by atoms with E-state index >= 15 is 0 Å². The molecule has 2 unspecified atom stereocenters. The highest BCUT2D eigenvalue weighted by Crippen LogP contribution is 2.34. The van der Waals surface area contributed by atoms with Crippen molar-refractivity contribution in [3.05, 3.63) is 51.6 Å². The Labute approximate surface area is 194 Å². The number of H-pyrrole nitrogens is 1. The Morgan fingerprint density at radius 2 is 2.06 bits per heavy atom. The topological polar surface area (TPSA) is 88.9 Å². The Kier molecular flexibility index (Phi) is 6.55. The smallest absolute Gasteiger partial charge is 0.252 e. The molecule has 3 aromatic rings. The second kappa shape index (κ2) is 9.73. The highest BCUT2D eigenvalue weighted by molar-refractivity contribution is 5.79. The van der Waals surface area contributed by atoms with Crippen molar-refractivity contribution < 1.29 is 4.74 Å². The van der Waals surface area contributed by atoms with Crippen LogP contribution in [0.5, 0.6) is 0 Å². The van der Waals surface area contributed by atoms with E-state index in [-0.39, 0.29) is 17.7 Å². The molecule has 1 aliphatic carbocycles. The number of pyridine rings is 1. The first-order valence-electron chi connectivity index (χ1n) is 12.4. The molecule has 1 aromatic carbocycles. The molecule has 1 aliphatic heterocycles. The molecule has 33 heavy (non-hydrogen) atoms. The first-order chi connectivity index (χ1) is 16.1. The molecule has 5 rings (SSSR count). The van der Waals surface area contributed by atoms with Gasteiger partial charge in [-0.15, -0.1) is 5.10 Å². The summed E-state index contributed by atoms with van der Waals surface area (Å²) in [5.41, 5.74) is 2.86. The summed E-state index contributed by atoms with van der Waals surface area (Å²) in [4.78, 5) is 18.6. The molecule has 176 valence electrons. The van der Waals surface area contributed by atoms with Gasteiger partial charge in [-0.3, -0.25) is 9.69 Å². The third kappa shape index (κ3) is 4.73. The molecule has 0 amide bonds. The van der Waals surface area contributed by atoms with Crippen molar-refractivity contribution >= 4 is 10.9 Å². The number of fused-ring (bicyclic) bond motifs is 1. The summed E-state index contributed by atoms with van der Waals surface area (Å²) in [7, 11) is 0. The Hall–Kier alpha value is -2.58. The highest BCUT2D eigenvalue weighted by atomic mass is 16.5. The van der Waals surface area contributed by atoms with E-state index in [1.807, 2.05) is 16.8 Å². The molecule has 8 nitrogen and oxygen atoms in total. The van der Waals surface area contributed by atoms with E-state index in [1.165, 1.54) is 18.4 Å². The van der Waals surface area contributed by atoms with E-state index in [1.54, 1.807) is 0 Å². The number of nitrogens with zero attached hydrogens (tertiary/aromatic N) is 5. The van der Waals surface area contributed by atoms with Gasteiger partial charge in [-0.05, 0) is 73.0 Å². The predicted octanol–water partition coefficient (Wildman–Crippen LogP) is 3.90. The number of aromatic nitrogens is 5. The van der Waals surface area contributed by atoms with Crippen LogP contribution in [0.2, 0.25) is 0 Å². The maximum absolute atomic E-state index is 13.0. The van der Waals surface area contributed by atoms with Crippen molar-refractivity contribution in [1.82, 2.24) is 30.1 Å². The second-order valence-corrected chi connectivity index (χ2v) is 9.60. The van der Waals surface area contributed by atoms with Crippen molar-refractivity contribution in [2.45, 2.75) is 90.1 Å². The molecule has 8 heteroatoms.